The van der Waals surface area contributed by atoms with E-state index in [1.165, 1.54) is 0 Å². The number of aliphatic hydroxyl groups is 1. The van der Waals surface area contributed by atoms with E-state index in [9.17, 15) is 4.79 Å². The number of hydrogen-bond donors (Lipinski definition) is 3. The molecule has 0 bridgehead atoms. The lowest BCUT2D eigenvalue weighted by Gasteiger charge is -2.07. The molecule has 0 rings (SSSR count). The highest BCUT2D eigenvalue weighted by atomic mass is 16.4. The van der Waals surface area contributed by atoms with E-state index in [4.69, 9.17) is 15.9 Å². The molecule has 0 aromatic heterocycles. The number of nitrogens with two attached hydrogens (primary N) is 1. The second kappa shape index (κ2) is 11.2. The Morgan fingerprint density at radius 3 is 2.20 bits per heavy atom. The van der Waals surface area contributed by atoms with Crippen LogP contribution in [0.15, 0.2) is 12.7 Å². The molecule has 0 heterocycles. The first-order chi connectivity index (χ1) is 6.95. The molecule has 1 atom stereocenters. The minimum absolute atomic E-state index is 0.284. The van der Waals surface area contributed by atoms with Gasteiger partial charge in [-0.25, -0.2) is 0 Å². The topological polar surface area (TPSA) is 83.5 Å². The number of unbranched alkanes of at least 4 members (excludes halogenated alkanes) is 1. The van der Waals surface area contributed by atoms with E-state index in [1.54, 1.807) is 6.08 Å². The number of carboxylic acids is 1. The van der Waals surface area contributed by atoms with Gasteiger partial charge in [-0.1, -0.05) is 19.9 Å². The Morgan fingerprint density at radius 2 is 2.07 bits per heavy atom. The Kier molecular flexibility index (Phi) is 12.4. The molecule has 0 fully saturated rings. The van der Waals surface area contributed by atoms with Crippen LogP contribution < -0.4 is 5.73 Å². The Labute approximate surface area is 91.8 Å². The predicted octanol–water partition coefficient (Wildman–Crippen LogP) is 1.39. The summed E-state index contributed by atoms with van der Waals surface area (Å²) in [6, 6.07) is -0.690. The Hall–Kier alpha value is -0.870. The maximum atomic E-state index is 10.1. The number of carboxylic acid groups (broad SMARTS) is 1. The summed E-state index contributed by atoms with van der Waals surface area (Å²) < 4.78 is 0. The number of aliphatic hydroxyl groups excluding tert-OH is 1. The molecule has 0 aliphatic carbocycles. The summed E-state index contributed by atoms with van der Waals surface area (Å²) in [6.07, 6.45) is 4.13. The standard InChI is InChI=1S/C6H13NO2.C5H10O/c1-4(2)3-5(7)6(8)9;1-2-3-4-5-6/h4-5H,3,7H2,1-2H3,(H,8,9);2,6H,1,3-5H2/t5-;/m0./s1. The van der Waals surface area contributed by atoms with Crippen molar-refractivity contribution in [3.63, 3.8) is 0 Å². The average molecular weight is 217 g/mol. The molecule has 0 saturated heterocycles. The van der Waals surface area contributed by atoms with Crippen LogP contribution in [0.25, 0.3) is 0 Å². The fourth-order valence-corrected chi connectivity index (χ4v) is 0.844. The molecule has 0 aliphatic heterocycles. The second-order valence-electron chi connectivity index (χ2n) is 3.73. The lowest BCUT2D eigenvalue weighted by atomic mass is 10.1. The van der Waals surface area contributed by atoms with Gasteiger partial charge in [-0.3, -0.25) is 4.79 Å². The van der Waals surface area contributed by atoms with Gasteiger partial charge in [0.05, 0.1) is 0 Å². The second-order valence-corrected chi connectivity index (χ2v) is 3.73. The van der Waals surface area contributed by atoms with E-state index in [0.717, 1.165) is 12.8 Å². The van der Waals surface area contributed by atoms with E-state index in [1.807, 2.05) is 13.8 Å². The summed E-state index contributed by atoms with van der Waals surface area (Å²) in [5.41, 5.74) is 5.22. The van der Waals surface area contributed by atoms with E-state index < -0.39 is 12.0 Å². The molecule has 4 N–H and O–H groups in total. The van der Waals surface area contributed by atoms with Crippen molar-refractivity contribution < 1.29 is 15.0 Å². The van der Waals surface area contributed by atoms with Crippen molar-refractivity contribution in [1.29, 1.82) is 0 Å². The fourth-order valence-electron chi connectivity index (χ4n) is 0.844. The Morgan fingerprint density at radius 1 is 1.53 bits per heavy atom. The van der Waals surface area contributed by atoms with Crippen LogP contribution in [-0.4, -0.2) is 28.8 Å². The van der Waals surface area contributed by atoms with Gasteiger partial charge in [0.1, 0.15) is 6.04 Å². The molecule has 0 unspecified atom stereocenters. The highest BCUT2D eigenvalue weighted by molar-refractivity contribution is 5.72. The molecule has 0 aromatic rings. The third-order valence-corrected chi connectivity index (χ3v) is 1.61. The smallest absolute Gasteiger partial charge is 0.320 e. The van der Waals surface area contributed by atoms with Gasteiger partial charge >= 0.3 is 5.97 Å². The van der Waals surface area contributed by atoms with Crippen LogP contribution in [0.5, 0.6) is 0 Å². The monoisotopic (exact) mass is 217 g/mol. The summed E-state index contributed by atoms with van der Waals surface area (Å²) in [4.78, 5) is 10.1. The summed E-state index contributed by atoms with van der Waals surface area (Å²) in [5, 5.41) is 16.5. The van der Waals surface area contributed by atoms with E-state index in [-0.39, 0.29) is 6.61 Å². The van der Waals surface area contributed by atoms with Crippen LogP contribution in [0.1, 0.15) is 33.1 Å². The summed E-state index contributed by atoms with van der Waals surface area (Å²) in [5.74, 6) is -0.556. The zero-order chi connectivity index (χ0) is 12.3. The number of hydrogen-bond acceptors (Lipinski definition) is 3. The SMILES string of the molecule is C=CCCCO.CC(C)C[C@H](N)C(=O)O. The third-order valence-electron chi connectivity index (χ3n) is 1.61. The average Bonchev–Trinajstić information content (AvgIpc) is 2.14. The lowest BCUT2D eigenvalue weighted by molar-refractivity contribution is -0.138. The number of aliphatic carboxylic acids is 1. The highest BCUT2D eigenvalue weighted by Gasteiger charge is 2.11. The minimum atomic E-state index is -0.913. The van der Waals surface area contributed by atoms with Gasteiger partial charge < -0.3 is 15.9 Å². The first kappa shape index (κ1) is 16.6. The molecule has 15 heavy (non-hydrogen) atoms. The molecular weight excluding hydrogens is 194 g/mol. The molecular formula is C11H23NO3. The normalized spacial score (nSPS) is 11.5. The molecule has 90 valence electrons. The first-order valence-electron chi connectivity index (χ1n) is 5.15. The van der Waals surface area contributed by atoms with Gasteiger partial charge in [0.15, 0.2) is 0 Å². The molecule has 0 radical (unpaired) electrons. The van der Waals surface area contributed by atoms with Crippen molar-refractivity contribution >= 4 is 5.97 Å². The maximum absolute atomic E-state index is 10.1. The molecule has 0 saturated carbocycles. The van der Waals surface area contributed by atoms with E-state index >= 15 is 0 Å². The van der Waals surface area contributed by atoms with Gasteiger partial charge in [-0.15, -0.1) is 6.58 Å². The summed E-state index contributed by atoms with van der Waals surface area (Å²) >= 11 is 0. The molecule has 4 nitrogen and oxygen atoms in total. The van der Waals surface area contributed by atoms with Crippen molar-refractivity contribution in [2.75, 3.05) is 6.61 Å². The summed E-state index contributed by atoms with van der Waals surface area (Å²) in [7, 11) is 0. The zero-order valence-electron chi connectivity index (χ0n) is 9.65. The van der Waals surface area contributed by atoms with Gasteiger partial charge in [0.2, 0.25) is 0 Å². The highest BCUT2D eigenvalue weighted by Crippen LogP contribution is 2.01. The van der Waals surface area contributed by atoms with Crippen molar-refractivity contribution in [3.05, 3.63) is 12.7 Å². The minimum Gasteiger partial charge on any atom is -0.480 e. The van der Waals surface area contributed by atoms with Gasteiger partial charge in [-0.05, 0) is 25.2 Å². The van der Waals surface area contributed by atoms with Gasteiger partial charge in [-0.2, -0.15) is 0 Å². The predicted molar refractivity (Wildman–Crippen MR) is 61.6 cm³/mol. The Bertz CT molecular complexity index is 169. The fraction of sp³-hybridized carbons (Fsp3) is 0.727. The zero-order valence-corrected chi connectivity index (χ0v) is 9.65. The largest absolute Gasteiger partial charge is 0.480 e. The molecule has 0 spiro atoms. The number of rotatable bonds is 6. The maximum Gasteiger partial charge on any atom is 0.320 e. The third kappa shape index (κ3) is 15.9. The van der Waals surface area contributed by atoms with Gasteiger partial charge in [0, 0.05) is 6.61 Å². The van der Waals surface area contributed by atoms with Crippen LogP contribution in [0.3, 0.4) is 0 Å². The van der Waals surface area contributed by atoms with Crippen LogP contribution in [0.4, 0.5) is 0 Å². The molecule has 0 aromatic carbocycles. The summed E-state index contributed by atoms with van der Waals surface area (Å²) in [6.45, 7) is 7.67. The molecule has 4 heteroatoms. The molecule has 0 aliphatic rings. The number of carbonyl (C=O) groups is 1. The Balaban J connectivity index is 0. The first-order valence-corrected chi connectivity index (χ1v) is 5.15. The van der Waals surface area contributed by atoms with Crippen LogP contribution >= 0.6 is 0 Å². The quantitative estimate of drug-likeness (QED) is 0.463. The van der Waals surface area contributed by atoms with Crippen molar-refractivity contribution in [2.45, 2.75) is 39.2 Å². The van der Waals surface area contributed by atoms with Crippen LogP contribution in [0, 0.1) is 5.92 Å². The van der Waals surface area contributed by atoms with Crippen LogP contribution in [-0.2, 0) is 4.79 Å². The number of allylic oxidation sites excluding steroid dienone is 1. The molecule has 0 amide bonds. The van der Waals surface area contributed by atoms with E-state index in [2.05, 4.69) is 6.58 Å². The lowest BCUT2D eigenvalue weighted by Crippen LogP contribution is -2.31. The van der Waals surface area contributed by atoms with Crippen molar-refractivity contribution in [1.82, 2.24) is 0 Å². The van der Waals surface area contributed by atoms with Crippen LogP contribution in [0.2, 0.25) is 0 Å². The van der Waals surface area contributed by atoms with Crippen molar-refractivity contribution in [2.24, 2.45) is 11.7 Å². The van der Waals surface area contributed by atoms with Crippen molar-refractivity contribution in [3.8, 4) is 0 Å². The van der Waals surface area contributed by atoms with Gasteiger partial charge in [0.25, 0.3) is 0 Å². The van der Waals surface area contributed by atoms with E-state index in [0.29, 0.717) is 12.3 Å².